The van der Waals surface area contributed by atoms with E-state index in [2.05, 4.69) is 43.7 Å². The first-order valence-electron chi connectivity index (χ1n) is 40.8. The number of esters is 1. The van der Waals surface area contributed by atoms with E-state index in [0.717, 1.165) is 27.2 Å². The molecule has 0 radical (unpaired) electrons. The Bertz CT molecular complexity index is 4480. The molecule has 4 aliphatic heterocycles. The third-order valence-electron chi connectivity index (χ3n) is 21.8. The Labute approximate surface area is 710 Å². The Morgan fingerprint density at radius 2 is 1.47 bits per heavy atom. The second kappa shape index (κ2) is 45.5. The number of aliphatic hydroxyl groups is 2. The van der Waals surface area contributed by atoms with Crippen molar-refractivity contribution in [2.45, 2.75) is 177 Å². The number of rotatable bonds is 39. The molecule has 3 unspecified atom stereocenters. The first kappa shape index (κ1) is 94.4. The van der Waals surface area contributed by atoms with Crippen LogP contribution in [-0.4, -0.2) is 233 Å². The summed E-state index contributed by atoms with van der Waals surface area (Å²) in [5.41, 5.74) is 18.8. The van der Waals surface area contributed by atoms with Crippen molar-refractivity contribution in [2.24, 2.45) is 29.0 Å². The van der Waals surface area contributed by atoms with E-state index < -0.39 is 119 Å². The van der Waals surface area contributed by atoms with Crippen molar-refractivity contribution in [1.82, 2.24) is 36.4 Å². The summed E-state index contributed by atoms with van der Waals surface area (Å²) >= 11 is 6.82. The number of ether oxygens (including phenoxy) is 8. The van der Waals surface area contributed by atoms with Crippen LogP contribution >= 0.6 is 11.6 Å². The maximum atomic E-state index is 14.5. The van der Waals surface area contributed by atoms with Gasteiger partial charge in [-0.25, -0.2) is 9.59 Å². The monoisotopic (exact) mass is 1690 g/mol. The van der Waals surface area contributed by atoms with Crippen molar-refractivity contribution in [3.8, 4) is 17.6 Å². The van der Waals surface area contributed by atoms with E-state index in [1.165, 1.54) is 38.3 Å². The fourth-order valence-corrected chi connectivity index (χ4v) is 14.8. The van der Waals surface area contributed by atoms with Gasteiger partial charge < -0.3 is 101 Å². The minimum Gasteiger partial charge on any atom is -0.495 e. The van der Waals surface area contributed by atoms with Crippen LogP contribution in [0.2, 0.25) is 5.02 Å². The van der Waals surface area contributed by atoms with Gasteiger partial charge in [-0.05, 0) is 112 Å². The molecule has 14 N–H and O–H groups in total. The molecule has 0 aromatic heterocycles. The van der Waals surface area contributed by atoms with Gasteiger partial charge in [-0.1, -0.05) is 145 Å². The highest BCUT2D eigenvalue weighted by Gasteiger charge is 2.66. The van der Waals surface area contributed by atoms with E-state index in [1.807, 2.05) is 85.8 Å². The summed E-state index contributed by atoms with van der Waals surface area (Å²) in [6.45, 7) is 9.03. The zero-order chi connectivity index (χ0) is 87.4. The van der Waals surface area contributed by atoms with Crippen LogP contribution in [0.1, 0.15) is 120 Å². The number of nitrogens with zero attached hydrogens (tertiary/aromatic N) is 3. The fraction of sp³-hybridized carbons (Fsp3) is 0.500. The predicted molar refractivity (Wildman–Crippen MR) is 450 cm³/mol. The molecule has 4 heterocycles. The molecule has 2 saturated heterocycles. The van der Waals surface area contributed by atoms with Gasteiger partial charge in [-0.15, -0.1) is 0 Å². The van der Waals surface area contributed by atoms with Crippen LogP contribution < -0.4 is 58.7 Å². The minimum atomic E-state index is -2.20. The minimum absolute atomic E-state index is 0.0192. The molecule has 4 aromatic rings. The number of carbonyl (C=O) groups is 10. The number of hydrogen-bond acceptors (Lipinski definition) is 23. The first-order chi connectivity index (χ1) is 57.9. The summed E-state index contributed by atoms with van der Waals surface area (Å²) in [5, 5.41) is 39.6. The lowest BCUT2D eigenvalue weighted by Gasteiger charge is -2.41. The van der Waals surface area contributed by atoms with Crippen molar-refractivity contribution in [3.05, 3.63) is 172 Å². The Morgan fingerprint density at radius 3 is 2.18 bits per heavy atom. The number of likely N-dealkylation sites (N-methyl/N-ethyl adjacent to an activating group) is 1. The van der Waals surface area contributed by atoms with Crippen molar-refractivity contribution >= 4 is 82.3 Å². The third kappa shape index (κ3) is 26.8. The summed E-state index contributed by atoms with van der Waals surface area (Å²) in [6.07, 6.45) is 5.20. The number of allylic oxidation sites excluding steroid dienone is 5. The third-order valence-corrected chi connectivity index (χ3v) is 22.2. The molecule has 4 aromatic carbocycles. The Hall–Kier alpha value is -10.4. The number of unbranched alkanes of at least 4 members (excludes halogenated alkanes) is 2. The van der Waals surface area contributed by atoms with Gasteiger partial charge >= 0.3 is 12.1 Å². The zero-order valence-corrected chi connectivity index (χ0v) is 70.4. The molecule has 2 fully saturated rings. The number of nitrogens with two attached hydrogens (primary N) is 3. The Morgan fingerprint density at radius 1 is 0.802 bits per heavy atom. The summed E-state index contributed by atoms with van der Waals surface area (Å²) in [5.74, 6) is 0.818. The predicted octanol–water partition coefficient (Wildman–Crippen LogP) is 4.66. The van der Waals surface area contributed by atoms with Gasteiger partial charge in [0.05, 0.1) is 96.0 Å². The van der Waals surface area contributed by atoms with Crippen LogP contribution in [0.3, 0.4) is 0 Å². The number of aliphatic hydroxyl groups excluding tert-OH is 1. The van der Waals surface area contributed by atoms with Crippen LogP contribution in [0.4, 0.5) is 16.2 Å². The molecule has 33 heteroatoms. The van der Waals surface area contributed by atoms with E-state index in [9.17, 15) is 58.2 Å². The van der Waals surface area contributed by atoms with Gasteiger partial charge in [-0.2, -0.15) is 0 Å². The number of anilines is 2. The highest BCUT2D eigenvalue weighted by Crippen LogP contribution is 2.46. The molecule has 1 aliphatic carbocycles. The molecule has 0 spiro atoms. The molecular weight excluding hydrogens is 1580 g/mol. The zero-order valence-electron chi connectivity index (χ0n) is 69.6. The van der Waals surface area contributed by atoms with Gasteiger partial charge in [0, 0.05) is 76.5 Å². The maximum absolute atomic E-state index is 14.5. The number of amides is 9. The van der Waals surface area contributed by atoms with Crippen molar-refractivity contribution in [2.75, 3.05) is 104 Å². The van der Waals surface area contributed by atoms with Crippen molar-refractivity contribution < 1.29 is 96.1 Å². The molecule has 9 amide bonds. The molecule has 0 saturated carbocycles. The first-order valence-corrected chi connectivity index (χ1v) is 41.2. The van der Waals surface area contributed by atoms with Gasteiger partial charge in [0.1, 0.15) is 41.2 Å². The molecule has 4 bridgehead atoms. The van der Waals surface area contributed by atoms with E-state index in [-0.39, 0.29) is 151 Å². The highest BCUT2D eigenvalue weighted by atomic mass is 35.5. The molecule has 5 aliphatic rings. The van der Waals surface area contributed by atoms with Crippen LogP contribution in [0.5, 0.6) is 5.75 Å². The number of hydrogen-bond donors (Lipinski definition) is 11. The number of fused-ring (bicyclic) bond motifs is 7. The Kier molecular flexibility index (Phi) is 35.5. The quantitative estimate of drug-likeness (QED) is 0.00951. The van der Waals surface area contributed by atoms with E-state index in [4.69, 9.17) is 66.7 Å². The second-order valence-electron chi connectivity index (χ2n) is 31.1. The van der Waals surface area contributed by atoms with Crippen LogP contribution in [0.25, 0.3) is 0 Å². The summed E-state index contributed by atoms with van der Waals surface area (Å²) < 4.78 is 45.7. The lowest BCUT2D eigenvalue weighted by molar-refractivity contribution is -0.163. The van der Waals surface area contributed by atoms with Crippen LogP contribution in [0.15, 0.2) is 139 Å². The largest absolute Gasteiger partial charge is 0.495 e. The SMILES string of the molecule is COc1cc2cc(c1Cl)N(C)C(=O)C[C@H](OC(=O)[C@H](N)N(C)C(=O)CCCCNC(=O)C(C)(C)c1ccccc1NC(=O)[C@H](CCCCN)NC(=O)C(Cc1ccccc1)NC(=O)CCOCCOCCOCCOCCC(=O)NCC(=O)N1Cc3ccccc3C#CC3C=CC=CC31)[C@]1(N)O[C@H]1[C@H](C)[C@@H]1C[C@@](O)(NC(=O)O1)[C@H](O)/C=C/C=C(\C)C2. The summed E-state index contributed by atoms with van der Waals surface area (Å²) in [6, 6.07) is 24.5. The average molecular weight is 1700 g/mol. The number of nitrogens with one attached hydrogen (secondary N) is 6. The van der Waals surface area contributed by atoms with E-state index in [0.29, 0.717) is 55.6 Å². The molecule has 121 heavy (non-hydrogen) atoms. The van der Waals surface area contributed by atoms with Gasteiger partial charge in [0.15, 0.2) is 23.7 Å². The molecule has 654 valence electrons. The number of alkyl carbamates (subject to hydrolysis) is 1. The normalized spacial score (nSPS) is 22.7. The standard InChI is InChI=1S/C88H115ClN12O20/c1-56-22-21-32-71(102)87(113)53-70(119-85(112)98-87)57(2)79-88(92,121-79)72(52-76(106)99(5)68-50-59(48-56)51-69(114-7)78(68)89)120-83(110)80(91)100(6)75(105)33-18-20-39-93-84(111)86(3,4)63-28-14-15-29-64(63)96-81(108)65(30-17-19-38-90)97-82(109)66(49-58-23-9-8-10-24-58)95-74(104)37-41-116-43-45-118-47-46-117-44-42-115-40-36-73(103)94-54-77(107)101-55-62-27-12-11-25-60(62)34-35-61-26-13-16-31-67(61)101/h8-16,21-29,31-32,50-51,57,61,65-67,70-72,79-80,102,113H,17-20,30,33,36-49,52-55,90-92H2,1-7H3,(H,93,111)(H,94,103)(H,95,104)(H,96,108)(H,97,109)(H,98,112)/b32-21+,56-22+/t57-,61?,65+,66?,67?,70+,71-,72+,79+,80-,87+,88+/m1/s1. The summed E-state index contributed by atoms with van der Waals surface area (Å²) in [7, 11) is 4.18. The molecule has 12 atom stereocenters. The van der Waals surface area contributed by atoms with Crippen LogP contribution in [-0.2, 0) is 101 Å². The number of methoxy groups -OCH3 is 1. The second-order valence-corrected chi connectivity index (χ2v) is 31.5. The molecule has 9 rings (SSSR count). The fourth-order valence-electron chi connectivity index (χ4n) is 14.4. The van der Waals surface area contributed by atoms with Crippen LogP contribution in [0, 0.1) is 23.7 Å². The Balaban J connectivity index is 0.698. The van der Waals surface area contributed by atoms with Crippen molar-refractivity contribution in [1.29, 1.82) is 0 Å². The van der Waals surface area contributed by atoms with Gasteiger partial charge in [-0.3, -0.25) is 49.4 Å². The number of benzene rings is 4. The number of carbonyl (C=O) groups excluding carboxylic acids is 10. The number of epoxide rings is 1. The number of para-hydroxylation sites is 1. The average Bonchev–Trinajstić information content (AvgIpc) is 1.57. The maximum Gasteiger partial charge on any atom is 0.409 e. The molecular formula is C88H115ClN12O20. The topological polar surface area (TPSA) is 448 Å². The van der Waals surface area contributed by atoms with E-state index >= 15 is 0 Å². The lowest BCUT2D eigenvalue weighted by atomic mass is 9.82. The highest BCUT2D eigenvalue weighted by molar-refractivity contribution is 6.35. The van der Waals surface area contributed by atoms with Crippen molar-refractivity contribution in [3.63, 3.8) is 0 Å². The van der Waals surface area contributed by atoms with Gasteiger partial charge in [0.2, 0.25) is 47.3 Å². The summed E-state index contributed by atoms with van der Waals surface area (Å²) in [4.78, 5) is 142. The number of halogens is 1. The van der Waals surface area contributed by atoms with Gasteiger partial charge in [0.25, 0.3) is 0 Å². The smallest absolute Gasteiger partial charge is 0.409 e. The molecule has 32 nitrogen and oxygen atoms in total. The lowest BCUT2D eigenvalue weighted by Crippen LogP contribution is -2.63. The van der Waals surface area contributed by atoms with E-state index in [1.54, 1.807) is 68.1 Å².